The Kier molecular flexibility index (Phi) is 16.0. The minimum absolute atomic E-state index is 0.151. The van der Waals surface area contributed by atoms with Crippen molar-refractivity contribution in [2.24, 2.45) is 5.10 Å². The number of thiazole rings is 1. The van der Waals surface area contributed by atoms with E-state index >= 15 is 0 Å². The minimum Gasteiger partial charge on any atom is -0.493 e. The maximum atomic E-state index is 12.8. The molecule has 1 fully saturated rings. The second kappa shape index (κ2) is 22.2. The number of amides is 1. The summed E-state index contributed by atoms with van der Waals surface area (Å²) in [4.78, 5) is 22.8. The number of benzene rings is 4. The molecular weight excluding hydrogens is 819 g/mol. The van der Waals surface area contributed by atoms with Crippen LogP contribution in [0.5, 0.6) is 40.2 Å². The standard InChI is InChI=1S/C49H61N5O8S/c1-34(55)54-40(33-39(51-54)37-31-45(58-4)48(60-6)46(32-37)59-5)35-17-19-41(56-2)44(29-35)62-28-14-8-12-22-53-25-23-52(24-26-53)21-11-7-13-27-61-42-20-18-36(30-43(42)57-3)49-50-38-15-9-10-16-47(38)63-49/h9-10,15-20,29-32,40H,7-8,11-14,21-28,33H2,1-6H3. The van der Waals surface area contributed by atoms with Crippen LogP contribution in [0.2, 0.25) is 0 Å². The van der Waals surface area contributed by atoms with Crippen molar-refractivity contribution in [1.82, 2.24) is 19.8 Å². The van der Waals surface area contributed by atoms with E-state index in [2.05, 4.69) is 21.9 Å². The van der Waals surface area contributed by atoms with Crippen LogP contribution in [0.25, 0.3) is 20.8 Å². The molecule has 1 atom stereocenters. The molecule has 0 aliphatic carbocycles. The highest BCUT2D eigenvalue weighted by atomic mass is 32.1. The van der Waals surface area contributed by atoms with Gasteiger partial charge < -0.3 is 43.0 Å². The van der Waals surface area contributed by atoms with Crippen LogP contribution in [0.4, 0.5) is 0 Å². The van der Waals surface area contributed by atoms with E-state index in [9.17, 15) is 4.79 Å². The Morgan fingerprint density at radius 1 is 0.635 bits per heavy atom. The fourth-order valence-electron chi connectivity index (χ4n) is 8.24. The Labute approximate surface area is 375 Å². The number of hydrazone groups is 1. The maximum absolute atomic E-state index is 12.8. The van der Waals surface area contributed by atoms with Crippen molar-refractivity contribution in [2.75, 3.05) is 88.0 Å². The Hall–Kier alpha value is -5.57. The Morgan fingerprint density at radius 3 is 1.84 bits per heavy atom. The predicted molar refractivity (Wildman–Crippen MR) is 249 cm³/mol. The summed E-state index contributed by atoms with van der Waals surface area (Å²) >= 11 is 1.69. The van der Waals surface area contributed by atoms with Gasteiger partial charge in [0, 0.05) is 50.7 Å². The SMILES string of the molecule is COc1cc(-c2nc3ccccc3s2)ccc1OCCCCCN1CCN(CCCCCOc2cc(C3CC(c4cc(OC)c(OC)c(OC)c4)=NN3C(C)=O)ccc2OC)CC1. The highest BCUT2D eigenvalue weighted by Gasteiger charge is 2.33. The normalized spacial score (nSPS) is 15.6. The van der Waals surface area contributed by atoms with Crippen LogP contribution >= 0.6 is 11.3 Å². The second-order valence-corrected chi connectivity index (χ2v) is 16.8. The lowest BCUT2D eigenvalue weighted by molar-refractivity contribution is -0.130. The summed E-state index contributed by atoms with van der Waals surface area (Å²) in [5, 5.41) is 7.26. The van der Waals surface area contributed by atoms with Gasteiger partial charge in [0.1, 0.15) is 5.01 Å². The average Bonchev–Trinajstić information content (AvgIpc) is 3.97. The third-order valence-corrected chi connectivity index (χ3v) is 12.8. The molecule has 2 aliphatic rings. The molecule has 1 saturated heterocycles. The summed E-state index contributed by atoms with van der Waals surface area (Å²) in [6.07, 6.45) is 6.98. The van der Waals surface area contributed by atoms with Crippen LogP contribution in [0.3, 0.4) is 0 Å². The fraction of sp³-hybridized carbons (Fsp3) is 0.449. The molecule has 13 nitrogen and oxygen atoms in total. The van der Waals surface area contributed by atoms with Crippen LogP contribution in [-0.4, -0.2) is 119 Å². The molecule has 3 heterocycles. The lowest BCUT2D eigenvalue weighted by atomic mass is 9.97. The smallest absolute Gasteiger partial charge is 0.240 e. The van der Waals surface area contributed by atoms with Crippen LogP contribution in [-0.2, 0) is 4.79 Å². The van der Waals surface area contributed by atoms with Crippen molar-refractivity contribution in [3.8, 4) is 50.8 Å². The number of nitrogens with zero attached hydrogens (tertiary/aromatic N) is 5. The van der Waals surface area contributed by atoms with Crippen molar-refractivity contribution in [3.05, 3.63) is 83.9 Å². The van der Waals surface area contributed by atoms with Crippen LogP contribution < -0.4 is 33.2 Å². The monoisotopic (exact) mass is 879 g/mol. The van der Waals surface area contributed by atoms with E-state index in [1.165, 1.54) is 23.1 Å². The fourth-order valence-corrected chi connectivity index (χ4v) is 9.20. The number of fused-ring (bicyclic) bond motifs is 1. The Balaban J connectivity index is 0.784. The van der Waals surface area contributed by atoms with Gasteiger partial charge in [-0.25, -0.2) is 9.99 Å². The van der Waals surface area contributed by atoms with Gasteiger partial charge in [-0.05, 0) is 112 Å². The summed E-state index contributed by atoms with van der Waals surface area (Å²) in [7, 11) is 8.06. The maximum Gasteiger partial charge on any atom is 0.240 e. The molecule has 63 heavy (non-hydrogen) atoms. The van der Waals surface area contributed by atoms with Crippen LogP contribution in [0.15, 0.2) is 77.9 Å². The van der Waals surface area contributed by atoms with E-state index in [4.69, 9.17) is 43.2 Å². The number of aromatic nitrogens is 1. The van der Waals surface area contributed by atoms with E-state index in [0.717, 1.165) is 116 Å². The Morgan fingerprint density at radius 2 is 1.24 bits per heavy atom. The first-order valence-corrected chi connectivity index (χ1v) is 22.7. The number of ether oxygens (including phenoxy) is 7. The Bertz CT molecular complexity index is 2270. The first kappa shape index (κ1) is 45.5. The third-order valence-electron chi connectivity index (χ3n) is 11.7. The van der Waals surface area contributed by atoms with Gasteiger partial charge in [-0.3, -0.25) is 4.79 Å². The minimum atomic E-state index is -0.304. The molecule has 0 spiro atoms. The summed E-state index contributed by atoms with van der Waals surface area (Å²) in [5.41, 5.74) is 4.51. The van der Waals surface area contributed by atoms with Gasteiger partial charge in [-0.2, -0.15) is 5.10 Å². The molecule has 4 aromatic carbocycles. The molecule has 7 rings (SSSR count). The first-order valence-electron chi connectivity index (χ1n) is 21.9. The predicted octanol–water partition coefficient (Wildman–Crippen LogP) is 9.12. The summed E-state index contributed by atoms with van der Waals surface area (Å²) in [6, 6.07) is 23.6. The number of piperazine rings is 1. The molecule has 2 aliphatic heterocycles. The number of para-hydroxylation sites is 1. The highest BCUT2D eigenvalue weighted by Crippen LogP contribution is 2.42. The molecule has 0 radical (unpaired) electrons. The second-order valence-electron chi connectivity index (χ2n) is 15.8. The number of carbonyl (C=O) groups is 1. The van der Waals surface area contributed by atoms with E-state index in [-0.39, 0.29) is 11.9 Å². The highest BCUT2D eigenvalue weighted by molar-refractivity contribution is 7.21. The molecule has 336 valence electrons. The zero-order valence-corrected chi connectivity index (χ0v) is 38.3. The lowest BCUT2D eigenvalue weighted by Crippen LogP contribution is -2.46. The third kappa shape index (κ3) is 11.3. The molecule has 1 unspecified atom stereocenters. The van der Waals surface area contributed by atoms with Crippen LogP contribution in [0.1, 0.15) is 69.0 Å². The van der Waals surface area contributed by atoms with Crippen molar-refractivity contribution >= 4 is 33.2 Å². The van der Waals surface area contributed by atoms with Gasteiger partial charge in [-0.15, -0.1) is 11.3 Å². The van der Waals surface area contributed by atoms with Crippen molar-refractivity contribution in [2.45, 2.75) is 57.9 Å². The molecule has 5 aromatic rings. The molecule has 1 aromatic heterocycles. The van der Waals surface area contributed by atoms with Gasteiger partial charge in [0.15, 0.2) is 34.5 Å². The zero-order chi connectivity index (χ0) is 44.1. The molecule has 1 amide bonds. The van der Waals surface area contributed by atoms with E-state index < -0.39 is 0 Å². The largest absolute Gasteiger partial charge is 0.493 e. The zero-order valence-electron chi connectivity index (χ0n) is 37.5. The molecule has 0 bridgehead atoms. The van der Waals surface area contributed by atoms with Crippen molar-refractivity contribution < 1.29 is 38.0 Å². The van der Waals surface area contributed by atoms with Gasteiger partial charge in [0.2, 0.25) is 11.7 Å². The number of methoxy groups -OCH3 is 5. The molecular formula is C49H61N5O8S. The molecule has 0 N–H and O–H groups in total. The number of hydrogen-bond acceptors (Lipinski definition) is 13. The van der Waals surface area contributed by atoms with Crippen molar-refractivity contribution in [3.63, 3.8) is 0 Å². The summed E-state index contributed by atoms with van der Waals surface area (Å²) in [6.45, 7) is 9.47. The van der Waals surface area contributed by atoms with Gasteiger partial charge in [0.05, 0.1) is 70.7 Å². The number of hydrogen-bond donors (Lipinski definition) is 0. The quantitative estimate of drug-likeness (QED) is 0.0620. The van der Waals surface area contributed by atoms with E-state index in [1.807, 2.05) is 60.7 Å². The summed E-state index contributed by atoms with van der Waals surface area (Å²) < 4.78 is 41.6. The summed E-state index contributed by atoms with van der Waals surface area (Å²) in [5.74, 6) is 4.24. The molecule has 14 heteroatoms. The van der Waals surface area contributed by atoms with Gasteiger partial charge >= 0.3 is 0 Å². The number of unbranched alkanes of at least 4 members (excludes halogenated alkanes) is 4. The number of carbonyl (C=O) groups excluding carboxylic acids is 1. The average molecular weight is 880 g/mol. The topological polar surface area (TPSA) is 117 Å². The van der Waals surface area contributed by atoms with E-state index in [1.54, 1.807) is 46.9 Å². The van der Waals surface area contributed by atoms with Crippen molar-refractivity contribution in [1.29, 1.82) is 0 Å². The first-order chi connectivity index (χ1) is 30.8. The van der Waals surface area contributed by atoms with Crippen LogP contribution in [0, 0.1) is 0 Å². The number of rotatable bonds is 22. The lowest BCUT2D eigenvalue weighted by Gasteiger charge is -2.34. The van der Waals surface area contributed by atoms with E-state index in [0.29, 0.717) is 48.4 Å². The van der Waals surface area contributed by atoms with Gasteiger partial charge in [-0.1, -0.05) is 18.2 Å². The van der Waals surface area contributed by atoms with Gasteiger partial charge in [0.25, 0.3) is 0 Å². The molecule has 0 saturated carbocycles.